The zero-order valence-electron chi connectivity index (χ0n) is 8.75. The third-order valence-corrected chi connectivity index (χ3v) is 5.22. The van der Waals surface area contributed by atoms with Gasteiger partial charge >= 0.3 is 7.60 Å². The number of hydrogen-bond acceptors (Lipinski definition) is 3. The van der Waals surface area contributed by atoms with E-state index in [2.05, 4.69) is 15.9 Å². The minimum atomic E-state index is -4.10. The van der Waals surface area contributed by atoms with Crippen LogP contribution >= 0.6 is 34.9 Å². The highest BCUT2D eigenvalue weighted by Gasteiger charge is 2.18. The Hall–Kier alpha value is -0.460. The molecule has 0 fully saturated rings. The van der Waals surface area contributed by atoms with Crippen LogP contribution in [-0.4, -0.2) is 14.4 Å². The fraction of sp³-hybridized carbons (Fsp3) is 0.222. The SMILES string of the molecule is Cn1cc(Br)c2sc(CP(=O)(O)O)cc2c1=O. The summed E-state index contributed by atoms with van der Waals surface area (Å²) >= 11 is 4.55. The van der Waals surface area contributed by atoms with Gasteiger partial charge in [-0.2, -0.15) is 0 Å². The monoisotopic (exact) mass is 337 g/mol. The van der Waals surface area contributed by atoms with Gasteiger partial charge < -0.3 is 14.4 Å². The predicted molar refractivity (Wildman–Crippen MR) is 70.5 cm³/mol. The highest BCUT2D eigenvalue weighted by atomic mass is 79.9. The van der Waals surface area contributed by atoms with Crippen molar-refractivity contribution < 1.29 is 14.4 Å². The molecule has 0 aromatic carbocycles. The number of hydrogen-bond donors (Lipinski definition) is 2. The van der Waals surface area contributed by atoms with E-state index >= 15 is 0 Å². The molecule has 0 unspecified atom stereocenters. The lowest BCUT2D eigenvalue weighted by molar-refractivity contribution is 0.372. The summed E-state index contributed by atoms with van der Waals surface area (Å²) in [5.41, 5.74) is -0.170. The van der Waals surface area contributed by atoms with Gasteiger partial charge in [0.1, 0.15) is 0 Å². The summed E-state index contributed by atoms with van der Waals surface area (Å²) in [4.78, 5) is 30.1. The topological polar surface area (TPSA) is 79.5 Å². The first-order chi connectivity index (χ1) is 7.78. The number of pyridine rings is 1. The largest absolute Gasteiger partial charge is 0.330 e. The van der Waals surface area contributed by atoms with E-state index in [1.165, 1.54) is 15.9 Å². The maximum absolute atomic E-state index is 11.8. The fourth-order valence-electron chi connectivity index (χ4n) is 1.54. The van der Waals surface area contributed by atoms with Crippen molar-refractivity contribution in [3.05, 3.63) is 32.0 Å². The number of fused-ring (bicyclic) bond motifs is 1. The van der Waals surface area contributed by atoms with E-state index in [0.717, 1.165) is 9.17 Å². The minimum Gasteiger partial charge on any atom is -0.324 e. The summed E-state index contributed by atoms with van der Waals surface area (Å²) in [5, 5.41) is 0.482. The van der Waals surface area contributed by atoms with Crippen LogP contribution in [0.25, 0.3) is 10.1 Å². The lowest BCUT2D eigenvalue weighted by Gasteiger charge is -1.99. The summed E-state index contributed by atoms with van der Waals surface area (Å²) in [7, 11) is -2.47. The molecule has 0 amide bonds. The minimum absolute atomic E-state index is 0.170. The van der Waals surface area contributed by atoms with Gasteiger partial charge in [-0.3, -0.25) is 9.36 Å². The van der Waals surface area contributed by atoms with Crippen LogP contribution in [0.4, 0.5) is 0 Å². The Morgan fingerprint density at radius 3 is 2.76 bits per heavy atom. The number of halogens is 1. The van der Waals surface area contributed by atoms with Crippen molar-refractivity contribution in [2.75, 3.05) is 0 Å². The summed E-state index contributed by atoms with van der Waals surface area (Å²) in [6.45, 7) is 0. The van der Waals surface area contributed by atoms with Crippen LogP contribution in [0.1, 0.15) is 4.88 Å². The molecule has 0 saturated heterocycles. The zero-order valence-corrected chi connectivity index (χ0v) is 12.1. The summed E-state index contributed by atoms with van der Waals surface area (Å²) < 4.78 is 13.8. The third kappa shape index (κ3) is 2.69. The Bertz CT molecular complexity index is 686. The summed E-state index contributed by atoms with van der Waals surface area (Å²) in [5.74, 6) is 0. The average molecular weight is 338 g/mol. The van der Waals surface area contributed by atoms with E-state index in [0.29, 0.717) is 10.3 Å². The normalized spacial score (nSPS) is 12.2. The first kappa shape index (κ1) is 13.0. The lowest BCUT2D eigenvalue weighted by Crippen LogP contribution is -2.14. The maximum atomic E-state index is 11.8. The van der Waals surface area contributed by atoms with Crippen LogP contribution in [0.5, 0.6) is 0 Å². The van der Waals surface area contributed by atoms with Gasteiger partial charge in [0.05, 0.1) is 20.7 Å². The molecular formula is C9H9BrNO4PS. The predicted octanol–water partition coefficient (Wildman–Crippen LogP) is 2.04. The van der Waals surface area contributed by atoms with Crippen molar-refractivity contribution in [3.63, 3.8) is 0 Å². The number of aryl methyl sites for hydroxylation is 1. The van der Waals surface area contributed by atoms with Crippen molar-refractivity contribution in [2.24, 2.45) is 7.05 Å². The average Bonchev–Trinajstić information content (AvgIpc) is 2.56. The van der Waals surface area contributed by atoms with Gasteiger partial charge in [-0.15, -0.1) is 11.3 Å². The van der Waals surface area contributed by atoms with Gasteiger partial charge in [0.2, 0.25) is 0 Å². The molecule has 0 aliphatic rings. The number of thiophene rings is 1. The Morgan fingerprint density at radius 2 is 2.18 bits per heavy atom. The molecule has 92 valence electrons. The quantitative estimate of drug-likeness (QED) is 0.822. The lowest BCUT2D eigenvalue weighted by atomic mass is 10.3. The van der Waals surface area contributed by atoms with Crippen LogP contribution in [0.15, 0.2) is 21.5 Å². The summed E-state index contributed by atoms with van der Waals surface area (Å²) in [6, 6.07) is 1.55. The Balaban J connectivity index is 2.66. The molecule has 2 rings (SSSR count). The molecule has 0 aliphatic heterocycles. The van der Waals surface area contributed by atoms with Gasteiger partial charge in [0, 0.05) is 18.1 Å². The number of aromatic nitrogens is 1. The van der Waals surface area contributed by atoms with E-state index in [4.69, 9.17) is 9.79 Å². The Kier molecular flexibility index (Phi) is 3.31. The number of nitrogens with zero attached hydrogens (tertiary/aromatic N) is 1. The summed E-state index contributed by atoms with van der Waals surface area (Å²) in [6.07, 6.45) is 1.31. The van der Waals surface area contributed by atoms with E-state index in [-0.39, 0.29) is 11.7 Å². The highest BCUT2D eigenvalue weighted by molar-refractivity contribution is 9.10. The van der Waals surface area contributed by atoms with Crippen molar-refractivity contribution in [1.29, 1.82) is 0 Å². The van der Waals surface area contributed by atoms with Crippen LogP contribution in [0.3, 0.4) is 0 Å². The molecule has 0 aliphatic carbocycles. The molecule has 2 aromatic rings. The molecule has 2 heterocycles. The molecule has 8 heteroatoms. The highest BCUT2D eigenvalue weighted by Crippen LogP contribution is 2.42. The van der Waals surface area contributed by atoms with Crippen molar-refractivity contribution in [1.82, 2.24) is 4.57 Å². The molecule has 0 saturated carbocycles. The maximum Gasteiger partial charge on any atom is 0.330 e. The molecule has 0 atom stereocenters. The second-order valence-electron chi connectivity index (χ2n) is 3.67. The smallest absolute Gasteiger partial charge is 0.324 e. The molecule has 0 bridgehead atoms. The van der Waals surface area contributed by atoms with E-state index in [9.17, 15) is 9.36 Å². The molecule has 2 aromatic heterocycles. The van der Waals surface area contributed by atoms with Gasteiger partial charge in [0.25, 0.3) is 5.56 Å². The van der Waals surface area contributed by atoms with Crippen molar-refractivity contribution >= 4 is 44.9 Å². The fourth-order valence-corrected chi connectivity index (χ4v) is 4.41. The Labute approximate surface area is 109 Å². The molecular weight excluding hydrogens is 329 g/mol. The van der Waals surface area contributed by atoms with Gasteiger partial charge in [-0.1, -0.05) is 0 Å². The second-order valence-corrected chi connectivity index (χ2v) is 7.31. The first-order valence-electron chi connectivity index (χ1n) is 4.60. The first-order valence-corrected chi connectivity index (χ1v) is 8.01. The van der Waals surface area contributed by atoms with Crippen LogP contribution in [0, 0.1) is 0 Å². The van der Waals surface area contributed by atoms with Crippen LogP contribution < -0.4 is 5.56 Å². The molecule has 0 spiro atoms. The van der Waals surface area contributed by atoms with Gasteiger partial charge in [0.15, 0.2) is 0 Å². The molecule has 17 heavy (non-hydrogen) atoms. The van der Waals surface area contributed by atoms with E-state index in [1.807, 2.05) is 0 Å². The second kappa shape index (κ2) is 4.33. The number of rotatable bonds is 2. The van der Waals surface area contributed by atoms with E-state index < -0.39 is 7.60 Å². The van der Waals surface area contributed by atoms with E-state index in [1.54, 1.807) is 19.3 Å². The third-order valence-electron chi connectivity index (χ3n) is 2.22. The van der Waals surface area contributed by atoms with Crippen molar-refractivity contribution in [2.45, 2.75) is 6.16 Å². The Morgan fingerprint density at radius 1 is 1.53 bits per heavy atom. The van der Waals surface area contributed by atoms with Gasteiger partial charge in [-0.05, 0) is 22.0 Å². The van der Waals surface area contributed by atoms with Gasteiger partial charge in [-0.25, -0.2) is 0 Å². The van der Waals surface area contributed by atoms with Crippen molar-refractivity contribution in [3.8, 4) is 0 Å². The standard InChI is InChI=1S/C9H9BrNO4PS/c1-11-3-7(10)8-6(9(11)12)2-5(17-8)4-16(13,14)15/h2-3H,4H2,1H3,(H2,13,14,15). The molecule has 5 nitrogen and oxygen atoms in total. The zero-order chi connectivity index (χ0) is 12.8. The van der Waals surface area contributed by atoms with Crippen LogP contribution in [-0.2, 0) is 17.8 Å². The molecule has 2 N–H and O–H groups in total. The van der Waals surface area contributed by atoms with Crippen LogP contribution in [0.2, 0.25) is 0 Å². The molecule has 0 radical (unpaired) electrons.